The van der Waals surface area contributed by atoms with Crippen LogP contribution in [0, 0.1) is 13.8 Å². The molecule has 5 nitrogen and oxygen atoms in total. The zero-order valence-electron chi connectivity index (χ0n) is 11.5. The second-order valence-corrected chi connectivity index (χ2v) is 5.19. The molecule has 0 radical (unpaired) electrons. The van der Waals surface area contributed by atoms with Gasteiger partial charge in [0, 0.05) is 17.7 Å². The highest BCUT2D eigenvalue weighted by Crippen LogP contribution is 2.25. The molecule has 1 aromatic carbocycles. The number of carbonyl (C=O) groups excluding carboxylic acids is 1. The Hall–Kier alpha value is -1.82. The van der Waals surface area contributed by atoms with Gasteiger partial charge in [0.15, 0.2) is 0 Å². The fraction of sp³-hybridized carbons (Fsp3) is 0.286. The first-order chi connectivity index (χ1) is 9.52. The van der Waals surface area contributed by atoms with Crippen LogP contribution in [0.15, 0.2) is 27.2 Å². The molecule has 0 aliphatic carbocycles. The Morgan fingerprint density at radius 2 is 2.20 bits per heavy atom. The summed E-state index contributed by atoms with van der Waals surface area (Å²) in [4.78, 5) is 12.1. The number of nitrogens with zero attached hydrogens (tertiary/aromatic N) is 1. The summed E-state index contributed by atoms with van der Waals surface area (Å²) < 4.78 is 10.9. The molecule has 0 aliphatic heterocycles. The molecule has 6 heteroatoms. The predicted octanol–water partition coefficient (Wildman–Crippen LogP) is 2.99. The Morgan fingerprint density at radius 1 is 1.45 bits per heavy atom. The van der Waals surface area contributed by atoms with Gasteiger partial charge in [-0.1, -0.05) is 5.16 Å². The van der Waals surface area contributed by atoms with Crippen LogP contribution in [-0.4, -0.2) is 18.2 Å². The van der Waals surface area contributed by atoms with Crippen molar-refractivity contribution in [2.45, 2.75) is 20.4 Å². The number of ether oxygens (including phenoxy) is 1. The van der Waals surface area contributed by atoms with Gasteiger partial charge in [0.1, 0.15) is 11.5 Å². The van der Waals surface area contributed by atoms with Gasteiger partial charge in [-0.2, -0.15) is 0 Å². The Bertz CT molecular complexity index is 618. The maximum Gasteiger partial charge on any atom is 0.251 e. The fourth-order valence-corrected chi connectivity index (χ4v) is 2.37. The van der Waals surface area contributed by atoms with Crippen molar-refractivity contribution in [2.75, 3.05) is 7.11 Å². The normalized spacial score (nSPS) is 10.4. The van der Waals surface area contributed by atoms with Crippen molar-refractivity contribution in [1.82, 2.24) is 10.5 Å². The number of amides is 1. The Kier molecular flexibility index (Phi) is 4.44. The first kappa shape index (κ1) is 14.6. The van der Waals surface area contributed by atoms with Crippen molar-refractivity contribution < 1.29 is 14.1 Å². The molecule has 2 rings (SSSR count). The molecule has 0 saturated heterocycles. The van der Waals surface area contributed by atoms with E-state index in [1.54, 1.807) is 25.3 Å². The van der Waals surface area contributed by atoms with Crippen molar-refractivity contribution in [1.29, 1.82) is 0 Å². The number of aromatic nitrogens is 1. The first-order valence-corrected chi connectivity index (χ1v) is 6.85. The second-order valence-electron chi connectivity index (χ2n) is 4.33. The number of nitrogens with one attached hydrogen (secondary N) is 1. The number of methoxy groups -OCH3 is 1. The highest BCUT2D eigenvalue weighted by molar-refractivity contribution is 9.10. The van der Waals surface area contributed by atoms with E-state index in [4.69, 9.17) is 9.26 Å². The van der Waals surface area contributed by atoms with Crippen LogP contribution in [0.1, 0.15) is 27.4 Å². The number of hydrogen-bond donors (Lipinski definition) is 1. The van der Waals surface area contributed by atoms with Gasteiger partial charge in [-0.05, 0) is 48.0 Å². The Labute approximate surface area is 125 Å². The van der Waals surface area contributed by atoms with Crippen LogP contribution >= 0.6 is 15.9 Å². The molecule has 0 atom stereocenters. The second kappa shape index (κ2) is 6.09. The van der Waals surface area contributed by atoms with E-state index >= 15 is 0 Å². The molecular weight excluding hydrogens is 324 g/mol. The molecule has 106 valence electrons. The lowest BCUT2D eigenvalue weighted by molar-refractivity contribution is 0.0950. The molecule has 1 amide bonds. The van der Waals surface area contributed by atoms with Crippen LogP contribution < -0.4 is 10.1 Å². The summed E-state index contributed by atoms with van der Waals surface area (Å²) in [5.74, 6) is 1.25. The molecule has 0 saturated carbocycles. The molecule has 1 heterocycles. The first-order valence-electron chi connectivity index (χ1n) is 6.06. The van der Waals surface area contributed by atoms with Gasteiger partial charge in [-0.15, -0.1) is 0 Å². The van der Waals surface area contributed by atoms with E-state index in [0.29, 0.717) is 17.9 Å². The summed E-state index contributed by atoms with van der Waals surface area (Å²) >= 11 is 3.36. The van der Waals surface area contributed by atoms with Crippen LogP contribution in [0.2, 0.25) is 0 Å². The van der Waals surface area contributed by atoms with E-state index in [2.05, 4.69) is 26.4 Å². The van der Waals surface area contributed by atoms with Crippen molar-refractivity contribution >= 4 is 21.8 Å². The number of aryl methyl sites for hydroxylation is 2. The van der Waals surface area contributed by atoms with Crippen LogP contribution in [0.25, 0.3) is 0 Å². The molecule has 0 bridgehead atoms. The summed E-state index contributed by atoms with van der Waals surface area (Å²) in [6.45, 7) is 4.07. The molecule has 1 aromatic heterocycles. The molecule has 1 N–H and O–H groups in total. The largest absolute Gasteiger partial charge is 0.496 e. The van der Waals surface area contributed by atoms with Crippen LogP contribution in [0.3, 0.4) is 0 Å². The minimum atomic E-state index is -0.159. The Morgan fingerprint density at radius 3 is 2.75 bits per heavy atom. The quantitative estimate of drug-likeness (QED) is 0.930. The average Bonchev–Trinajstić information content (AvgIpc) is 2.75. The van der Waals surface area contributed by atoms with Gasteiger partial charge >= 0.3 is 0 Å². The summed E-state index contributed by atoms with van der Waals surface area (Å²) in [5.41, 5.74) is 2.26. The van der Waals surface area contributed by atoms with Gasteiger partial charge in [0.05, 0.1) is 17.3 Å². The van der Waals surface area contributed by atoms with Crippen molar-refractivity contribution in [3.63, 3.8) is 0 Å². The average molecular weight is 339 g/mol. The van der Waals surface area contributed by atoms with E-state index in [-0.39, 0.29) is 5.91 Å². The number of halogens is 1. The summed E-state index contributed by atoms with van der Waals surface area (Å²) in [6, 6.07) is 5.18. The SMILES string of the molecule is COc1ccc(C(=O)NCc2c(C)noc2C)cc1Br. The lowest BCUT2D eigenvalue weighted by Crippen LogP contribution is -2.23. The predicted molar refractivity (Wildman–Crippen MR) is 77.8 cm³/mol. The molecule has 20 heavy (non-hydrogen) atoms. The van der Waals surface area contributed by atoms with E-state index < -0.39 is 0 Å². The van der Waals surface area contributed by atoms with E-state index in [1.165, 1.54) is 0 Å². The van der Waals surface area contributed by atoms with Crippen molar-refractivity contribution in [3.05, 3.63) is 45.3 Å². The van der Waals surface area contributed by atoms with Crippen LogP contribution in [-0.2, 0) is 6.54 Å². The monoisotopic (exact) mass is 338 g/mol. The summed E-state index contributed by atoms with van der Waals surface area (Å²) in [5, 5.41) is 6.70. The molecule has 0 fully saturated rings. The molecular formula is C14H15BrN2O3. The number of rotatable bonds is 4. The summed E-state index contributed by atoms with van der Waals surface area (Å²) in [6.07, 6.45) is 0. The minimum absolute atomic E-state index is 0.159. The highest BCUT2D eigenvalue weighted by atomic mass is 79.9. The number of benzene rings is 1. The number of carbonyl (C=O) groups is 1. The van der Waals surface area contributed by atoms with Crippen molar-refractivity contribution in [3.8, 4) is 5.75 Å². The molecule has 2 aromatic rings. The number of hydrogen-bond acceptors (Lipinski definition) is 4. The van der Waals surface area contributed by atoms with Crippen molar-refractivity contribution in [2.24, 2.45) is 0 Å². The maximum absolute atomic E-state index is 12.1. The lowest BCUT2D eigenvalue weighted by atomic mass is 10.1. The summed E-state index contributed by atoms with van der Waals surface area (Å²) in [7, 11) is 1.58. The Balaban J connectivity index is 2.07. The topological polar surface area (TPSA) is 64.4 Å². The molecule has 0 unspecified atom stereocenters. The van der Waals surface area contributed by atoms with E-state index in [0.717, 1.165) is 21.5 Å². The van der Waals surface area contributed by atoms with Gasteiger partial charge in [0.25, 0.3) is 5.91 Å². The minimum Gasteiger partial charge on any atom is -0.496 e. The molecule has 0 aliphatic rings. The third-order valence-corrected chi connectivity index (χ3v) is 3.64. The zero-order valence-corrected chi connectivity index (χ0v) is 13.1. The highest BCUT2D eigenvalue weighted by Gasteiger charge is 2.12. The molecule has 0 spiro atoms. The fourth-order valence-electron chi connectivity index (χ4n) is 1.83. The van der Waals surface area contributed by atoms with Gasteiger partial charge in [-0.25, -0.2) is 0 Å². The smallest absolute Gasteiger partial charge is 0.251 e. The van der Waals surface area contributed by atoms with Gasteiger partial charge < -0.3 is 14.6 Å². The van der Waals surface area contributed by atoms with E-state index in [9.17, 15) is 4.79 Å². The zero-order chi connectivity index (χ0) is 14.7. The lowest BCUT2D eigenvalue weighted by Gasteiger charge is -2.07. The third-order valence-electron chi connectivity index (χ3n) is 3.02. The third kappa shape index (κ3) is 3.01. The maximum atomic E-state index is 12.1. The van der Waals surface area contributed by atoms with Crippen LogP contribution in [0.4, 0.5) is 0 Å². The van der Waals surface area contributed by atoms with Crippen LogP contribution in [0.5, 0.6) is 5.75 Å². The van der Waals surface area contributed by atoms with E-state index in [1.807, 2.05) is 13.8 Å². The van der Waals surface area contributed by atoms with Gasteiger partial charge in [0.2, 0.25) is 0 Å². The van der Waals surface area contributed by atoms with Gasteiger partial charge in [-0.3, -0.25) is 4.79 Å². The standard InChI is InChI=1S/C14H15BrN2O3/c1-8-11(9(2)20-17-8)7-16-14(18)10-4-5-13(19-3)12(15)6-10/h4-6H,7H2,1-3H3,(H,16,18).